The summed E-state index contributed by atoms with van der Waals surface area (Å²) in [6.07, 6.45) is 29.3. The summed E-state index contributed by atoms with van der Waals surface area (Å²) in [7, 11) is 4.35. The lowest BCUT2D eigenvalue weighted by Gasteiger charge is -2.08. The minimum Gasteiger partial charge on any atom is -0.478 e. The number of carboxylic acids is 1. The molecule has 198 valence electrons. The van der Waals surface area contributed by atoms with Crippen molar-refractivity contribution in [3.8, 4) is 0 Å². The molecule has 0 aliphatic heterocycles. The molecule has 0 aliphatic rings. The maximum atomic E-state index is 10.2. The fourth-order valence-electron chi connectivity index (χ4n) is 4.26. The molecule has 1 aromatic rings. The molecule has 0 unspecified atom stereocenters. The maximum absolute atomic E-state index is 10.2. The van der Waals surface area contributed by atoms with E-state index in [1.54, 1.807) is 30.3 Å². The predicted molar refractivity (Wildman–Crippen MR) is 150 cm³/mol. The van der Waals surface area contributed by atoms with E-state index in [4.69, 9.17) is 5.11 Å². The van der Waals surface area contributed by atoms with E-state index in [0.717, 1.165) is 0 Å². The van der Waals surface area contributed by atoms with Crippen LogP contribution in [-0.2, 0) is 0 Å². The normalized spacial score (nSPS) is 10.8. The minimum absolute atomic E-state index is 0.331. The van der Waals surface area contributed by atoms with Gasteiger partial charge in [-0.05, 0) is 39.2 Å². The van der Waals surface area contributed by atoms with E-state index in [9.17, 15) is 4.79 Å². The molecule has 1 rings (SSSR count). The van der Waals surface area contributed by atoms with E-state index in [1.807, 2.05) is 0 Å². The summed E-state index contributed by atoms with van der Waals surface area (Å²) in [4.78, 5) is 12.5. The largest absolute Gasteiger partial charge is 0.478 e. The van der Waals surface area contributed by atoms with Crippen LogP contribution in [0.5, 0.6) is 0 Å². The molecule has 0 saturated carbocycles. The first-order valence-electron chi connectivity index (χ1n) is 14.5. The minimum atomic E-state index is -0.879. The van der Waals surface area contributed by atoms with Crippen LogP contribution in [0.2, 0.25) is 0 Å². The number of carbonyl (C=O) groups is 1. The van der Waals surface area contributed by atoms with E-state index in [2.05, 4.69) is 25.9 Å². The zero-order chi connectivity index (χ0) is 25.1. The Kier molecular flexibility index (Phi) is 25.2. The third kappa shape index (κ3) is 25.3. The second kappa shape index (κ2) is 26.3. The molecule has 0 amide bonds. The van der Waals surface area contributed by atoms with Gasteiger partial charge in [0, 0.05) is 0 Å². The van der Waals surface area contributed by atoms with Gasteiger partial charge in [-0.3, -0.25) is 0 Å². The standard InChI is InChI=1S/C24H51N.C7H6O2/c1-4-5-6-7-8-9-10-11-12-13-14-15-16-17-18-19-20-21-22-23-24-25(2)3;8-7(9)6-4-2-1-3-5-6/h4-24H2,1-3H3;1-5H,(H,8,9). The quantitative estimate of drug-likeness (QED) is 0.170. The third-order valence-electron chi connectivity index (χ3n) is 6.48. The average Bonchev–Trinajstić information content (AvgIpc) is 2.83. The number of aromatic carboxylic acids is 1. The van der Waals surface area contributed by atoms with E-state index in [0.29, 0.717) is 5.56 Å². The van der Waals surface area contributed by atoms with Crippen molar-refractivity contribution in [2.45, 2.75) is 135 Å². The highest BCUT2D eigenvalue weighted by atomic mass is 16.4. The number of nitrogens with zero attached hydrogens (tertiary/aromatic N) is 1. The van der Waals surface area contributed by atoms with Crippen molar-refractivity contribution in [1.82, 2.24) is 4.90 Å². The van der Waals surface area contributed by atoms with Crippen LogP contribution in [0.3, 0.4) is 0 Å². The van der Waals surface area contributed by atoms with E-state index >= 15 is 0 Å². The molecule has 0 atom stereocenters. The lowest BCUT2D eigenvalue weighted by Crippen LogP contribution is -2.12. The third-order valence-corrected chi connectivity index (χ3v) is 6.48. The highest BCUT2D eigenvalue weighted by Gasteiger charge is 1.97. The SMILES string of the molecule is CCCCCCCCCCCCCCCCCCCCCCN(C)C.O=C(O)c1ccccc1. The summed E-state index contributed by atoms with van der Waals surface area (Å²) in [5.74, 6) is -0.879. The van der Waals surface area contributed by atoms with Gasteiger partial charge in [-0.2, -0.15) is 0 Å². The van der Waals surface area contributed by atoms with Gasteiger partial charge in [0.15, 0.2) is 0 Å². The Bertz CT molecular complexity index is 529. The molecule has 0 fully saturated rings. The Morgan fingerprint density at radius 1 is 0.588 bits per heavy atom. The summed E-state index contributed by atoms with van der Waals surface area (Å²) in [5, 5.41) is 8.38. The molecular formula is C31H57NO2. The lowest BCUT2D eigenvalue weighted by molar-refractivity contribution is 0.0697. The van der Waals surface area contributed by atoms with Crippen molar-refractivity contribution in [2.75, 3.05) is 20.6 Å². The van der Waals surface area contributed by atoms with Crippen LogP contribution in [0.15, 0.2) is 30.3 Å². The van der Waals surface area contributed by atoms with Crippen LogP contribution < -0.4 is 0 Å². The number of benzene rings is 1. The molecule has 0 spiro atoms. The Morgan fingerprint density at radius 2 is 0.912 bits per heavy atom. The second-order valence-corrected chi connectivity index (χ2v) is 10.2. The first-order chi connectivity index (χ1) is 16.6. The Morgan fingerprint density at radius 3 is 1.18 bits per heavy atom. The van der Waals surface area contributed by atoms with Crippen molar-refractivity contribution in [3.63, 3.8) is 0 Å². The molecular weight excluding hydrogens is 418 g/mol. The van der Waals surface area contributed by atoms with E-state index < -0.39 is 5.97 Å². The van der Waals surface area contributed by atoms with Crippen LogP contribution in [0.1, 0.15) is 146 Å². The van der Waals surface area contributed by atoms with Gasteiger partial charge < -0.3 is 10.0 Å². The van der Waals surface area contributed by atoms with Gasteiger partial charge in [-0.25, -0.2) is 4.79 Å². The molecule has 0 radical (unpaired) electrons. The molecule has 0 saturated heterocycles. The van der Waals surface area contributed by atoms with Crippen molar-refractivity contribution in [1.29, 1.82) is 0 Å². The van der Waals surface area contributed by atoms with Crippen molar-refractivity contribution < 1.29 is 9.90 Å². The first kappa shape index (κ1) is 32.7. The van der Waals surface area contributed by atoms with Gasteiger partial charge >= 0.3 is 5.97 Å². The summed E-state index contributed by atoms with van der Waals surface area (Å²) in [5.41, 5.74) is 0.331. The maximum Gasteiger partial charge on any atom is 0.335 e. The first-order valence-corrected chi connectivity index (χ1v) is 14.5. The Labute approximate surface area is 212 Å². The summed E-state index contributed by atoms with van der Waals surface area (Å²) < 4.78 is 0. The van der Waals surface area contributed by atoms with Crippen LogP contribution in [0.4, 0.5) is 0 Å². The number of carboxylic acid groups (broad SMARTS) is 1. The smallest absolute Gasteiger partial charge is 0.335 e. The topological polar surface area (TPSA) is 40.5 Å². The summed E-state index contributed by atoms with van der Waals surface area (Å²) >= 11 is 0. The highest BCUT2D eigenvalue weighted by Crippen LogP contribution is 2.14. The molecule has 0 aliphatic carbocycles. The van der Waals surface area contributed by atoms with Crippen molar-refractivity contribution >= 4 is 5.97 Å². The van der Waals surface area contributed by atoms with Gasteiger partial charge in [-0.15, -0.1) is 0 Å². The van der Waals surface area contributed by atoms with E-state index in [1.165, 1.54) is 135 Å². The highest BCUT2D eigenvalue weighted by molar-refractivity contribution is 5.87. The lowest BCUT2D eigenvalue weighted by atomic mass is 10.0. The van der Waals surface area contributed by atoms with Gasteiger partial charge in [-0.1, -0.05) is 147 Å². The molecule has 1 aromatic carbocycles. The monoisotopic (exact) mass is 475 g/mol. The average molecular weight is 476 g/mol. The van der Waals surface area contributed by atoms with Gasteiger partial charge in [0.25, 0.3) is 0 Å². The van der Waals surface area contributed by atoms with Gasteiger partial charge in [0.05, 0.1) is 5.56 Å². The van der Waals surface area contributed by atoms with Crippen LogP contribution >= 0.6 is 0 Å². The van der Waals surface area contributed by atoms with Crippen LogP contribution in [-0.4, -0.2) is 36.6 Å². The molecule has 3 nitrogen and oxygen atoms in total. The fraction of sp³-hybridized carbons (Fsp3) is 0.774. The van der Waals surface area contributed by atoms with Crippen LogP contribution in [0.25, 0.3) is 0 Å². The number of unbranched alkanes of at least 4 members (excludes halogenated alkanes) is 19. The predicted octanol–water partition coefficient (Wildman–Crippen LogP) is 9.75. The Hall–Kier alpha value is -1.35. The molecule has 1 N–H and O–H groups in total. The number of rotatable bonds is 22. The summed E-state index contributed by atoms with van der Waals surface area (Å²) in [6.45, 7) is 3.56. The number of hydrogen-bond donors (Lipinski definition) is 1. The molecule has 0 aromatic heterocycles. The van der Waals surface area contributed by atoms with Crippen molar-refractivity contribution in [3.05, 3.63) is 35.9 Å². The number of hydrogen-bond acceptors (Lipinski definition) is 2. The van der Waals surface area contributed by atoms with Gasteiger partial charge in [0.1, 0.15) is 0 Å². The van der Waals surface area contributed by atoms with Crippen molar-refractivity contribution in [2.24, 2.45) is 0 Å². The van der Waals surface area contributed by atoms with Crippen LogP contribution in [0, 0.1) is 0 Å². The second-order valence-electron chi connectivity index (χ2n) is 10.2. The molecule has 3 heteroatoms. The molecule has 0 bridgehead atoms. The zero-order valence-corrected chi connectivity index (χ0v) is 23.0. The van der Waals surface area contributed by atoms with E-state index in [-0.39, 0.29) is 0 Å². The zero-order valence-electron chi connectivity index (χ0n) is 23.0. The molecule has 34 heavy (non-hydrogen) atoms. The Balaban J connectivity index is 0.000000999. The van der Waals surface area contributed by atoms with Gasteiger partial charge in [0.2, 0.25) is 0 Å². The summed E-state index contributed by atoms with van der Waals surface area (Å²) in [6, 6.07) is 8.30. The molecule has 0 heterocycles. The fourth-order valence-corrected chi connectivity index (χ4v) is 4.26.